The van der Waals surface area contributed by atoms with Crippen LogP contribution in [0.2, 0.25) is 0 Å². The van der Waals surface area contributed by atoms with Crippen LogP contribution in [0.1, 0.15) is 41.3 Å². The van der Waals surface area contributed by atoms with Crippen LogP contribution in [0.15, 0.2) is 18.2 Å². The molecule has 0 spiro atoms. The van der Waals surface area contributed by atoms with Gasteiger partial charge in [0.25, 0.3) is 5.91 Å². The zero-order valence-corrected chi connectivity index (χ0v) is 11.6. The van der Waals surface area contributed by atoms with E-state index in [0.29, 0.717) is 0 Å². The van der Waals surface area contributed by atoms with Crippen molar-refractivity contribution in [2.75, 3.05) is 19.6 Å². The van der Waals surface area contributed by atoms with Crippen molar-refractivity contribution in [2.24, 2.45) is 5.92 Å². The molecule has 2 aliphatic rings. The molecular weight excluding hydrogens is 236 g/mol. The number of nitrogens with one attached hydrogen (secondary N) is 1. The lowest BCUT2D eigenvalue weighted by atomic mass is 9.96. The molecule has 1 aromatic carbocycles. The van der Waals surface area contributed by atoms with Crippen molar-refractivity contribution in [3.63, 3.8) is 0 Å². The zero-order valence-electron chi connectivity index (χ0n) is 11.6. The highest BCUT2D eigenvalue weighted by molar-refractivity contribution is 5.94. The molecule has 3 rings (SSSR count). The highest BCUT2D eigenvalue weighted by atomic mass is 16.2. The predicted octanol–water partition coefficient (Wildman–Crippen LogP) is 2.20. The standard InChI is InChI=1S/C16H22N2O/c1-12-5-8-18(9-6-12)16(19)14-2-3-15-11-17-7-4-13(15)10-14/h2-3,10,12,17H,4-9,11H2,1H3. The fourth-order valence-electron chi connectivity index (χ4n) is 3.00. The number of likely N-dealkylation sites (tertiary alicyclic amines) is 1. The maximum Gasteiger partial charge on any atom is 0.253 e. The van der Waals surface area contributed by atoms with E-state index in [1.54, 1.807) is 0 Å². The Hall–Kier alpha value is -1.35. The summed E-state index contributed by atoms with van der Waals surface area (Å²) in [5.41, 5.74) is 3.56. The van der Waals surface area contributed by atoms with Crippen LogP contribution in [0.25, 0.3) is 0 Å². The molecule has 0 radical (unpaired) electrons. The summed E-state index contributed by atoms with van der Waals surface area (Å²) in [6, 6.07) is 6.21. The van der Waals surface area contributed by atoms with Crippen LogP contribution < -0.4 is 5.32 Å². The Morgan fingerprint density at radius 3 is 2.84 bits per heavy atom. The van der Waals surface area contributed by atoms with E-state index in [-0.39, 0.29) is 5.91 Å². The molecule has 0 aromatic heterocycles. The number of hydrogen-bond donors (Lipinski definition) is 1. The van der Waals surface area contributed by atoms with Crippen molar-refractivity contribution >= 4 is 5.91 Å². The number of rotatable bonds is 1. The topological polar surface area (TPSA) is 32.3 Å². The van der Waals surface area contributed by atoms with Gasteiger partial charge in [-0.05, 0) is 55.0 Å². The minimum Gasteiger partial charge on any atom is -0.339 e. The van der Waals surface area contributed by atoms with Crippen LogP contribution in [-0.4, -0.2) is 30.4 Å². The smallest absolute Gasteiger partial charge is 0.253 e. The van der Waals surface area contributed by atoms with Crippen molar-refractivity contribution < 1.29 is 4.79 Å². The van der Waals surface area contributed by atoms with Crippen molar-refractivity contribution in [3.8, 4) is 0 Å². The molecule has 3 nitrogen and oxygen atoms in total. The molecule has 2 aliphatic heterocycles. The highest BCUT2D eigenvalue weighted by Crippen LogP contribution is 2.21. The first kappa shape index (κ1) is 12.7. The van der Waals surface area contributed by atoms with Gasteiger partial charge in [0.05, 0.1) is 0 Å². The fraction of sp³-hybridized carbons (Fsp3) is 0.562. The van der Waals surface area contributed by atoms with Crippen LogP contribution in [-0.2, 0) is 13.0 Å². The summed E-state index contributed by atoms with van der Waals surface area (Å²) in [6.07, 6.45) is 3.31. The van der Waals surface area contributed by atoms with E-state index in [1.807, 2.05) is 11.0 Å². The minimum atomic E-state index is 0.216. The number of amides is 1. The second kappa shape index (κ2) is 5.33. The molecule has 1 fully saturated rings. The van der Waals surface area contributed by atoms with Gasteiger partial charge in [-0.25, -0.2) is 0 Å². The molecule has 1 saturated heterocycles. The predicted molar refractivity (Wildman–Crippen MR) is 76.2 cm³/mol. The van der Waals surface area contributed by atoms with E-state index in [2.05, 4.69) is 24.4 Å². The molecule has 0 atom stereocenters. The van der Waals surface area contributed by atoms with Gasteiger partial charge in [0.15, 0.2) is 0 Å². The van der Waals surface area contributed by atoms with Gasteiger partial charge in [-0.15, -0.1) is 0 Å². The second-order valence-corrected chi connectivity index (χ2v) is 5.88. The quantitative estimate of drug-likeness (QED) is 0.837. The lowest BCUT2D eigenvalue weighted by Gasteiger charge is -2.30. The van der Waals surface area contributed by atoms with Gasteiger partial charge in [-0.1, -0.05) is 13.0 Å². The van der Waals surface area contributed by atoms with Crippen LogP contribution in [0.3, 0.4) is 0 Å². The van der Waals surface area contributed by atoms with Crippen LogP contribution in [0, 0.1) is 5.92 Å². The Bertz CT molecular complexity index is 476. The Morgan fingerprint density at radius 1 is 1.26 bits per heavy atom. The van der Waals surface area contributed by atoms with Gasteiger partial charge in [0.2, 0.25) is 0 Å². The van der Waals surface area contributed by atoms with E-state index in [1.165, 1.54) is 11.1 Å². The van der Waals surface area contributed by atoms with Gasteiger partial charge in [0.1, 0.15) is 0 Å². The van der Waals surface area contributed by atoms with Crippen molar-refractivity contribution in [2.45, 2.75) is 32.7 Å². The maximum atomic E-state index is 12.5. The summed E-state index contributed by atoms with van der Waals surface area (Å²) in [4.78, 5) is 14.5. The van der Waals surface area contributed by atoms with Gasteiger partial charge >= 0.3 is 0 Å². The number of hydrogen-bond acceptors (Lipinski definition) is 2. The molecule has 3 heteroatoms. The molecule has 19 heavy (non-hydrogen) atoms. The molecule has 1 aromatic rings. The van der Waals surface area contributed by atoms with E-state index < -0.39 is 0 Å². The fourth-order valence-corrected chi connectivity index (χ4v) is 3.00. The van der Waals surface area contributed by atoms with Crippen LogP contribution >= 0.6 is 0 Å². The summed E-state index contributed by atoms with van der Waals surface area (Å²) in [5, 5.41) is 3.36. The van der Waals surface area contributed by atoms with Crippen molar-refractivity contribution in [1.29, 1.82) is 0 Å². The third-order valence-electron chi connectivity index (χ3n) is 4.41. The highest BCUT2D eigenvalue weighted by Gasteiger charge is 2.22. The molecular formula is C16H22N2O. The van der Waals surface area contributed by atoms with Crippen molar-refractivity contribution in [3.05, 3.63) is 34.9 Å². The first-order valence-electron chi connectivity index (χ1n) is 7.36. The van der Waals surface area contributed by atoms with Gasteiger partial charge in [0, 0.05) is 25.2 Å². The van der Waals surface area contributed by atoms with Gasteiger partial charge in [-0.2, -0.15) is 0 Å². The number of fused-ring (bicyclic) bond motifs is 1. The normalized spacial score (nSPS) is 20.2. The zero-order chi connectivity index (χ0) is 13.2. The molecule has 1 N–H and O–H groups in total. The average Bonchev–Trinajstić information content (AvgIpc) is 2.47. The molecule has 0 bridgehead atoms. The Balaban J connectivity index is 1.76. The van der Waals surface area contributed by atoms with E-state index in [4.69, 9.17) is 0 Å². The van der Waals surface area contributed by atoms with E-state index in [0.717, 1.165) is 56.9 Å². The summed E-state index contributed by atoms with van der Waals surface area (Å²) >= 11 is 0. The molecule has 0 saturated carbocycles. The molecule has 1 amide bonds. The number of piperidine rings is 1. The number of carbonyl (C=O) groups is 1. The number of benzene rings is 1. The molecule has 2 heterocycles. The summed E-state index contributed by atoms with van der Waals surface area (Å²) in [7, 11) is 0. The second-order valence-electron chi connectivity index (χ2n) is 5.88. The van der Waals surface area contributed by atoms with E-state index in [9.17, 15) is 4.79 Å². The van der Waals surface area contributed by atoms with Crippen LogP contribution in [0.5, 0.6) is 0 Å². The molecule has 0 aliphatic carbocycles. The van der Waals surface area contributed by atoms with E-state index >= 15 is 0 Å². The SMILES string of the molecule is CC1CCN(C(=O)c2ccc3c(c2)CCNC3)CC1. The maximum absolute atomic E-state index is 12.5. The van der Waals surface area contributed by atoms with Crippen LogP contribution in [0.4, 0.5) is 0 Å². The van der Waals surface area contributed by atoms with Gasteiger partial charge < -0.3 is 10.2 Å². The first-order valence-corrected chi connectivity index (χ1v) is 7.36. The monoisotopic (exact) mass is 258 g/mol. The third kappa shape index (κ3) is 2.66. The molecule has 0 unspecified atom stereocenters. The minimum absolute atomic E-state index is 0.216. The third-order valence-corrected chi connectivity index (χ3v) is 4.41. The average molecular weight is 258 g/mol. The molecule has 102 valence electrons. The summed E-state index contributed by atoms with van der Waals surface area (Å²) < 4.78 is 0. The summed E-state index contributed by atoms with van der Waals surface area (Å²) in [5.74, 6) is 0.979. The number of nitrogens with zero attached hydrogens (tertiary/aromatic N) is 1. The Labute approximate surface area is 115 Å². The summed E-state index contributed by atoms with van der Waals surface area (Å²) in [6.45, 7) is 6.06. The Morgan fingerprint density at radius 2 is 2.05 bits per heavy atom. The van der Waals surface area contributed by atoms with Gasteiger partial charge in [-0.3, -0.25) is 4.79 Å². The lowest BCUT2D eigenvalue weighted by Crippen LogP contribution is -2.38. The Kier molecular flexibility index (Phi) is 3.56. The lowest BCUT2D eigenvalue weighted by molar-refractivity contribution is 0.0697. The number of carbonyl (C=O) groups excluding carboxylic acids is 1. The van der Waals surface area contributed by atoms with Crippen molar-refractivity contribution in [1.82, 2.24) is 10.2 Å². The first-order chi connectivity index (χ1) is 9.24. The largest absolute Gasteiger partial charge is 0.339 e.